The van der Waals surface area contributed by atoms with Crippen molar-refractivity contribution in [1.29, 1.82) is 0 Å². The average Bonchev–Trinajstić information content (AvgIpc) is 2.28. The van der Waals surface area contributed by atoms with Crippen LogP contribution in [0.2, 0.25) is 0 Å². The lowest BCUT2D eigenvalue weighted by Crippen LogP contribution is -2.47. The van der Waals surface area contributed by atoms with E-state index in [1.165, 1.54) is 6.42 Å². The Morgan fingerprint density at radius 3 is 2.45 bits per heavy atom. The molecule has 2 atom stereocenters. The molecule has 0 aromatic carbocycles. The van der Waals surface area contributed by atoms with Crippen LogP contribution in [0.4, 0.5) is 0 Å². The molecule has 1 aliphatic rings. The fourth-order valence-corrected chi connectivity index (χ4v) is 4.74. The Balaban J connectivity index is 2.40. The monoisotopic (exact) mass is 304 g/mol. The minimum Gasteiger partial charge on any atom is -0.330 e. The van der Waals surface area contributed by atoms with Crippen LogP contribution >= 0.6 is 0 Å². The van der Waals surface area contributed by atoms with Crippen molar-refractivity contribution in [3.05, 3.63) is 0 Å². The summed E-state index contributed by atoms with van der Waals surface area (Å²) in [6.45, 7) is 11.3. The Kier molecular flexibility index (Phi) is 6.48. The second-order valence-corrected chi connectivity index (χ2v) is 9.51. The highest BCUT2D eigenvalue weighted by atomic mass is 32.2. The second kappa shape index (κ2) is 7.23. The van der Waals surface area contributed by atoms with Crippen LogP contribution in [0, 0.1) is 11.3 Å². The number of rotatable bonds is 6. The number of nitrogens with zero attached hydrogens (tertiary/aromatic N) is 1. The van der Waals surface area contributed by atoms with Gasteiger partial charge in [0.2, 0.25) is 0 Å². The summed E-state index contributed by atoms with van der Waals surface area (Å²) < 4.78 is 23.1. The van der Waals surface area contributed by atoms with Crippen LogP contribution < -0.4 is 5.73 Å². The predicted molar refractivity (Wildman–Crippen MR) is 85.5 cm³/mol. The normalized spacial score (nSPS) is 25.6. The molecule has 0 aromatic rings. The highest BCUT2D eigenvalue weighted by molar-refractivity contribution is 7.91. The maximum absolute atomic E-state index is 11.6. The minimum atomic E-state index is -2.80. The molecule has 1 rings (SSSR count). The largest absolute Gasteiger partial charge is 0.330 e. The van der Waals surface area contributed by atoms with E-state index < -0.39 is 9.84 Å². The highest BCUT2D eigenvalue weighted by Gasteiger charge is 2.28. The Hall–Kier alpha value is -0.130. The summed E-state index contributed by atoms with van der Waals surface area (Å²) in [6.07, 6.45) is 3.39. The zero-order chi connectivity index (χ0) is 15.4. The van der Waals surface area contributed by atoms with Crippen LogP contribution in [0.15, 0.2) is 0 Å². The van der Waals surface area contributed by atoms with E-state index in [9.17, 15) is 8.42 Å². The van der Waals surface area contributed by atoms with Crippen LogP contribution in [0.1, 0.15) is 47.0 Å². The Bertz CT molecular complexity index is 387. The van der Waals surface area contributed by atoms with E-state index in [2.05, 4.69) is 25.7 Å². The van der Waals surface area contributed by atoms with Gasteiger partial charge in [0.1, 0.15) is 0 Å². The number of sulfone groups is 1. The average molecular weight is 304 g/mol. The zero-order valence-corrected chi connectivity index (χ0v) is 14.4. The molecule has 0 aromatic heterocycles. The van der Waals surface area contributed by atoms with Crippen LogP contribution in [0.25, 0.3) is 0 Å². The smallest absolute Gasteiger partial charge is 0.153 e. The number of hydrogen-bond acceptors (Lipinski definition) is 4. The molecule has 0 spiro atoms. The molecule has 0 bridgehead atoms. The molecule has 2 N–H and O–H groups in total. The maximum Gasteiger partial charge on any atom is 0.153 e. The van der Waals surface area contributed by atoms with E-state index in [4.69, 9.17) is 5.73 Å². The number of hydrogen-bond donors (Lipinski definition) is 1. The molecule has 0 saturated carbocycles. The molecule has 1 fully saturated rings. The van der Waals surface area contributed by atoms with Gasteiger partial charge in [-0.15, -0.1) is 0 Å². The van der Waals surface area contributed by atoms with Crippen molar-refractivity contribution in [3.63, 3.8) is 0 Å². The first kappa shape index (κ1) is 17.9. The van der Waals surface area contributed by atoms with E-state index in [1.807, 2.05) is 6.92 Å². The Morgan fingerprint density at radius 2 is 1.95 bits per heavy atom. The molecule has 1 heterocycles. The summed E-state index contributed by atoms with van der Waals surface area (Å²) in [6, 6.07) is 0.163. The second-order valence-electron chi connectivity index (χ2n) is 7.28. The summed E-state index contributed by atoms with van der Waals surface area (Å²) in [7, 11) is -2.80. The Labute approximate surface area is 125 Å². The van der Waals surface area contributed by atoms with Gasteiger partial charge >= 0.3 is 0 Å². The van der Waals surface area contributed by atoms with Crippen LogP contribution in [-0.2, 0) is 9.84 Å². The molecule has 120 valence electrons. The molecule has 0 radical (unpaired) electrons. The standard InChI is InChI=1S/C15H32N2O2S/c1-13-12-20(18,19)11-10-17(13)9-5-6-14(7-8-16)15(2,3)4/h13-14H,5-12,16H2,1-4H3. The van der Waals surface area contributed by atoms with E-state index in [-0.39, 0.29) is 6.04 Å². The molecule has 0 aliphatic carbocycles. The molecule has 20 heavy (non-hydrogen) atoms. The van der Waals surface area contributed by atoms with Gasteiger partial charge in [-0.2, -0.15) is 0 Å². The molecular weight excluding hydrogens is 272 g/mol. The van der Waals surface area contributed by atoms with E-state index in [0.29, 0.717) is 29.4 Å². The maximum atomic E-state index is 11.6. The fourth-order valence-electron chi connectivity index (χ4n) is 3.12. The Morgan fingerprint density at radius 1 is 1.30 bits per heavy atom. The van der Waals surface area contributed by atoms with Gasteiger partial charge in [0.25, 0.3) is 0 Å². The van der Waals surface area contributed by atoms with Crippen molar-refractivity contribution < 1.29 is 8.42 Å². The molecule has 1 aliphatic heterocycles. The summed E-state index contributed by atoms with van der Waals surface area (Å²) >= 11 is 0. The first-order valence-electron chi connectivity index (χ1n) is 7.80. The van der Waals surface area contributed by atoms with Gasteiger partial charge in [-0.05, 0) is 50.6 Å². The van der Waals surface area contributed by atoms with Crippen LogP contribution in [-0.4, -0.2) is 50.5 Å². The topological polar surface area (TPSA) is 63.4 Å². The lowest BCUT2D eigenvalue weighted by atomic mass is 9.76. The highest BCUT2D eigenvalue weighted by Crippen LogP contribution is 2.32. The van der Waals surface area contributed by atoms with Crippen LogP contribution in [0.5, 0.6) is 0 Å². The third-order valence-corrected chi connectivity index (χ3v) is 6.34. The van der Waals surface area contributed by atoms with Crippen molar-refractivity contribution in [3.8, 4) is 0 Å². The van der Waals surface area contributed by atoms with E-state index >= 15 is 0 Å². The molecular formula is C15H32N2O2S. The summed E-state index contributed by atoms with van der Waals surface area (Å²) in [5.74, 6) is 1.29. The van der Waals surface area contributed by atoms with E-state index in [1.54, 1.807) is 0 Å². The molecule has 4 nitrogen and oxygen atoms in total. The fraction of sp³-hybridized carbons (Fsp3) is 1.00. The van der Waals surface area contributed by atoms with Gasteiger partial charge in [0.05, 0.1) is 11.5 Å². The molecule has 1 saturated heterocycles. The SMILES string of the molecule is CC1CS(=O)(=O)CCN1CCCC(CCN)C(C)(C)C. The van der Waals surface area contributed by atoms with Gasteiger partial charge in [0.15, 0.2) is 9.84 Å². The summed E-state index contributed by atoms with van der Waals surface area (Å²) in [4.78, 5) is 2.32. The molecule has 5 heteroatoms. The third-order valence-electron chi connectivity index (χ3n) is 4.55. The van der Waals surface area contributed by atoms with Gasteiger partial charge in [-0.3, -0.25) is 4.90 Å². The minimum absolute atomic E-state index is 0.163. The van der Waals surface area contributed by atoms with Crippen molar-refractivity contribution in [1.82, 2.24) is 4.90 Å². The lowest BCUT2D eigenvalue weighted by molar-refractivity contribution is 0.180. The van der Waals surface area contributed by atoms with Gasteiger partial charge in [0, 0.05) is 12.6 Å². The predicted octanol–water partition coefficient (Wildman–Crippen LogP) is 1.90. The first-order chi connectivity index (χ1) is 9.15. The molecule has 0 amide bonds. The van der Waals surface area contributed by atoms with Crippen molar-refractivity contribution in [2.75, 3.05) is 31.1 Å². The van der Waals surface area contributed by atoms with Crippen molar-refractivity contribution in [2.45, 2.75) is 53.0 Å². The van der Waals surface area contributed by atoms with E-state index in [0.717, 1.165) is 25.9 Å². The number of nitrogens with two attached hydrogens (primary N) is 1. The summed E-state index contributed by atoms with van der Waals surface area (Å²) in [5.41, 5.74) is 6.02. The third kappa shape index (κ3) is 5.70. The quantitative estimate of drug-likeness (QED) is 0.814. The summed E-state index contributed by atoms with van der Waals surface area (Å²) in [5, 5.41) is 0. The van der Waals surface area contributed by atoms with Crippen molar-refractivity contribution >= 4 is 9.84 Å². The first-order valence-corrected chi connectivity index (χ1v) is 9.62. The van der Waals surface area contributed by atoms with Gasteiger partial charge in [-0.1, -0.05) is 20.8 Å². The molecule has 2 unspecified atom stereocenters. The van der Waals surface area contributed by atoms with Crippen molar-refractivity contribution in [2.24, 2.45) is 17.1 Å². The van der Waals surface area contributed by atoms with Gasteiger partial charge in [-0.25, -0.2) is 8.42 Å². The lowest BCUT2D eigenvalue weighted by Gasteiger charge is -2.35. The van der Waals surface area contributed by atoms with Crippen LogP contribution in [0.3, 0.4) is 0 Å². The zero-order valence-electron chi connectivity index (χ0n) is 13.6. The van der Waals surface area contributed by atoms with Gasteiger partial charge < -0.3 is 5.73 Å².